The molecule has 27 heavy (non-hydrogen) atoms. The van der Waals surface area contributed by atoms with Crippen LogP contribution >= 0.6 is 0 Å². The second kappa shape index (κ2) is 6.29. The van der Waals surface area contributed by atoms with Gasteiger partial charge in [0.05, 0.1) is 29.1 Å². The number of likely N-dealkylation sites (tertiary alicyclic amines) is 1. The average molecular weight is 375 g/mol. The maximum atomic E-state index is 12.6. The van der Waals surface area contributed by atoms with E-state index in [4.69, 9.17) is 0 Å². The van der Waals surface area contributed by atoms with Crippen molar-refractivity contribution in [1.29, 1.82) is 0 Å². The van der Waals surface area contributed by atoms with Gasteiger partial charge in [-0.2, -0.15) is 13.2 Å². The molecule has 1 saturated heterocycles. The smallest absolute Gasteiger partial charge is 0.338 e. The molecule has 2 aromatic carbocycles. The predicted octanol–water partition coefficient (Wildman–Crippen LogP) is 2.97. The molecule has 8 heteroatoms. The zero-order chi connectivity index (χ0) is 19.2. The standard InChI is InChI=1S/C19H16F3N3O2/c20-19(21,22)13-7-5-12(6-8-13)9-17(26)24-10-14(11-24)25-16-4-2-1-3-15(16)23-18(25)27/h1-8,14H,9-11H2,(H,23,27). The molecule has 0 spiro atoms. The molecule has 1 aromatic heterocycles. The molecule has 140 valence electrons. The number of halogens is 3. The molecule has 0 radical (unpaired) electrons. The second-order valence-corrected chi connectivity index (χ2v) is 6.64. The van der Waals surface area contributed by atoms with Gasteiger partial charge in [0.1, 0.15) is 0 Å². The van der Waals surface area contributed by atoms with Gasteiger partial charge in [-0.25, -0.2) is 4.79 Å². The minimum Gasteiger partial charge on any atom is -0.338 e. The van der Waals surface area contributed by atoms with Crippen LogP contribution in [0.3, 0.4) is 0 Å². The van der Waals surface area contributed by atoms with Crippen LogP contribution in [0.1, 0.15) is 17.2 Å². The van der Waals surface area contributed by atoms with Crippen molar-refractivity contribution in [3.8, 4) is 0 Å². The molecule has 0 unspecified atom stereocenters. The number of amides is 1. The Bertz CT molecular complexity index is 1040. The number of hydrogen-bond acceptors (Lipinski definition) is 2. The van der Waals surface area contributed by atoms with Gasteiger partial charge in [0, 0.05) is 13.1 Å². The van der Waals surface area contributed by atoms with Crippen molar-refractivity contribution in [2.45, 2.75) is 18.6 Å². The molecule has 1 aliphatic heterocycles. The summed E-state index contributed by atoms with van der Waals surface area (Å²) in [5.41, 5.74) is 1.12. The molecule has 0 saturated carbocycles. The molecule has 2 heterocycles. The van der Waals surface area contributed by atoms with Crippen LogP contribution in [-0.4, -0.2) is 33.4 Å². The van der Waals surface area contributed by atoms with E-state index in [2.05, 4.69) is 4.98 Å². The average Bonchev–Trinajstić information content (AvgIpc) is 2.89. The van der Waals surface area contributed by atoms with Gasteiger partial charge in [0.15, 0.2) is 0 Å². The highest BCUT2D eigenvalue weighted by molar-refractivity contribution is 5.80. The molecule has 0 aliphatic carbocycles. The molecule has 3 aromatic rings. The number of para-hydroxylation sites is 2. The van der Waals surface area contributed by atoms with Crippen molar-refractivity contribution in [3.63, 3.8) is 0 Å². The Balaban J connectivity index is 1.41. The second-order valence-electron chi connectivity index (χ2n) is 6.64. The summed E-state index contributed by atoms with van der Waals surface area (Å²) in [7, 11) is 0. The first-order valence-corrected chi connectivity index (χ1v) is 8.46. The monoisotopic (exact) mass is 375 g/mol. The first-order valence-electron chi connectivity index (χ1n) is 8.46. The van der Waals surface area contributed by atoms with Gasteiger partial charge in [-0.15, -0.1) is 0 Å². The number of carbonyl (C=O) groups excluding carboxylic acids is 1. The predicted molar refractivity (Wildman–Crippen MR) is 93.3 cm³/mol. The summed E-state index contributed by atoms with van der Waals surface area (Å²) in [5, 5.41) is 0. The molecule has 4 rings (SSSR count). The van der Waals surface area contributed by atoms with Gasteiger partial charge in [-0.05, 0) is 29.8 Å². The lowest BCUT2D eigenvalue weighted by atomic mass is 10.0. The van der Waals surface area contributed by atoms with Crippen LogP contribution in [0.2, 0.25) is 0 Å². The number of rotatable bonds is 3. The van der Waals surface area contributed by atoms with Crippen LogP contribution in [0.25, 0.3) is 11.0 Å². The highest BCUT2D eigenvalue weighted by atomic mass is 19.4. The largest absolute Gasteiger partial charge is 0.416 e. The molecule has 1 amide bonds. The van der Waals surface area contributed by atoms with Crippen molar-refractivity contribution in [2.24, 2.45) is 0 Å². The summed E-state index contributed by atoms with van der Waals surface area (Å²) in [6, 6.07) is 11.8. The number of alkyl halides is 3. The number of H-pyrrole nitrogens is 1. The minimum atomic E-state index is -4.39. The van der Waals surface area contributed by atoms with Crippen molar-refractivity contribution in [3.05, 3.63) is 70.1 Å². The van der Waals surface area contributed by atoms with Crippen molar-refractivity contribution < 1.29 is 18.0 Å². The maximum absolute atomic E-state index is 12.6. The number of imidazole rings is 1. The Hall–Kier alpha value is -3.03. The normalized spacial score (nSPS) is 15.1. The molecule has 0 bridgehead atoms. The van der Waals surface area contributed by atoms with E-state index in [0.717, 1.165) is 23.2 Å². The Morgan fingerprint density at radius 3 is 2.41 bits per heavy atom. The van der Waals surface area contributed by atoms with E-state index in [1.165, 1.54) is 12.1 Å². The molecule has 1 N–H and O–H groups in total. The van der Waals surface area contributed by atoms with E-state index in [9.17, 15) is 22.8 Å². The lowest BCUT2D eigenvalue weighted by Gasteiger charge is -2.39. The van der Waals surface area contributed by atoms with Gasteiger partial charge >= 0.3 is 11.9 Å². The van der Waals surface area contributed by atoms with E-state index in [-0.39, 0.29) is 24.1 Å². The molecule has 1 aliphatic rings. The van der Waals surface area contributed by atoms with Gasteiger partial charge in [0.2, 0.25) is 5.91 Å². The number of benzene rings is 2. The van der Waals surface area contributed by atoms with Crippen LogP contribution in [0, 0.1) is 0 Å². The topological polar surface area (TPSA) is 58.1 Å². The molecular formula is C19H16F3N3O2. The van der Waals surface area contributed by atoms with Crippen LogP contribution in [0.4, 0.5) is 13.2 Å². The summed E-state index contributed by atoms with van der Waals surface area (Å²) < 4.78 is 39.4. The summed E-state index contributed by atoms with van der Waals surface area (Å²) in [4.78, 5) is 28.9. The first-order chi connectivity index (χ1) is 12.8. The van der Waals surface area contributed by atoms with Crippen molar-refractivity contribution >= 4 is 16.9 Å². The van der Waals surface area contributed by atoms with E-state index in [0.29, 0.717) is 18.7 Å². The van der Waals surface area contributed by atoms with Crippen molar-refractivity contribution in [2.75, 3.05) is 13.1 Å². The third-order valence-electron chi connectivity index (χ3n) is 4.84. The van der Waals surface area contributed by atoms with Gasteiger partial charge in [0.25, 0.3) is 0 Å². The van der Waals surface area contributed by atoms with Crippen LogP contribution in [-0.2, 0) is 17.4 Å². The highest BCUT2D eigenvalue weighted by Crippen LogP contribution is 2.29. The number of hydrogen-bond donors (Lipinski definition) is 1. The highest BCUT2D eigenvalue weighted by Gasteiger charge is 2.34. The molecule has 0 atom stereocenters. The first kappa shape index (κ1) is 17.4. The fourth-order valence-corrected chi connectivity index (χ4v) is 3.36. The molecular weight excluding hydrogens is 359 g/mol. The third kappa shape index (κ3) is 3.22. The number of fused-ring (bicyclic) bond motifs is 1. The van der Waals surface area contributed by atoms with Crippen LogP contribution < -0.4 is 5.69 Å². The zero-order valence-corrected chi connectivity index (χ0v) is 14.2. The fourth-order valence-electron chi connectivity index (χ4n) is 3.36. The maximum Gasteiger partial charge on any atom is 0.416 e. The van der Waals surface area contributed by atoms with Crippen LogP contribution in [0.5, 0.6) is 0 Å². The Morgan fingerprint density at radius 2 is 1.74 bits per heavy atom. The summed E-state index contributed by atoms with van der Waals surface area (Å²) in [6.45, 7) is 0.808. The van der Waals surface area contributed by atoms with E-state index < -0.39 is 11.7 Å². The van der Waals surface area contributed by atoms with E-state index in [1.807, 2.05) is 24.3 Å². The van der Waals surface area contributed by atoms with E-state index in [1.54, 1.807) is 9.47 Å². The zero-order valence-electron chi connectivity index (χ0n) is 14.2. The summed E-state index contributed by atoms with van der Waals surface area (Å²) in [5.74, 6) is -0.168. The summed E-state index contributed by atoms with van der Waals surface area (Å²) in [6.07, 6.45) is -4.35. The molecule has 5 nitrogen and oxygen atoms in total. The van der Waals surface area contributed by atoms with Crippen LogP contribution in [0.15, 0.2) is 53.3 Å². The van der Waals surface area contributed by atoms with E-state index >= 15 is 0 Å². The fraction of sp³-hybridized carbons (Fsp3) is 0.263. The lowest BCUT2D eigenvalue weighted by molar-refractivity contribution is -0.137. The van der Waals surface area contributed by atoms with Gasteiger partial charge in [-0.3, -0.25) is 9.36 Å². The number of nitrogens with one attached hydrogen (secondary N) is 1. The Morgan fingerprint density at radius 1 is 1.07 bits per heavy atom. The van der Waals surface area contributed by atoms with Gasteiger partial charge in [-0.1, -0.05) is 24.3 Å². The summed E-state index contributed by atoms with van der Waals surface area (Å²) >= 11 is 0. The number of aromatic nitrogens is 2. The minimum absolute atomic E-state index is 0.0354. The Labute approximate surface area is 152 Å². The molecule has 1 fully saturated rings. The Kier molecular flexibility index (Phi) is 4.05. The van der Waals surface area contributed by atoms with Gasteiger partial charge < -0.3 is 9.88 Å². The SMILES string of the molecule is O=C(Cc1ccc(C(F)(F)F)cc1)N1CC(n2c(=O)[nH]c3ccccc32)C1. The van der Waals surface area contributed by atoms with Crippen molar-refractivity contribution in [1.82, 2.24) is 14.5 Å². The lowest BCUT2D eigenvalue weighted by Crippen LogP contribution is -2.52. The quantitative estimate of drug-likeness (QED) is 0.765. The third-order valence-corrected chi connectivity index (χ3v) is 4.84. The number of aromatic amines is 1. The number of carbonyl (C=O) groups is 1. The number of nitrogens with zero attached hydrogens (tertiary/aromatic N) is 2.